The van der Waals surface area contributed by atoms with Crippen molar-refractivity contribution in [3.63, 3.8) is 0 Å². The number of amides is 1. The number of carbonyl (C=O) groups excluding carboxylic acids is 1. The number of halogens is 1. The first-order valence-corrected chi connectivity index (χ1v) is 10.3. The van der Waals surface area contributed by atoms with E-state index in [4.69, 9.17) is 21.6 Å². The van der Waals surface area contributed by atoms with Crippen LogP contribution in [0.1, 0.15) is 11.3 Å². The van der Waals surface area contributed by atoms with E-state index < -0.39 is 0 Å². The van der Waals surface area contributed by atoms with Gasteiger partial charge in [0.25, 0.3) is 0 Å². The van der Waals surface area contributed by atoms with Crippen molar-refractivity contribution in [2.24, 2.45) is 0 Å². The smallest absolute Gasteiger partial charge is 0.248 e. The minimum Gasteiger partial charge on any atom is -0.338 e. The van der Waals surface area contributed by atoms with Crippen molar-refractivity contribution < 1.29 is 4.79 Å². The van der Waals surface area contributed by atoms with Crippen molar-refractivity contribution in [1.82, 2.24) is 14.9 Å². The average Bonchev–Trinajstić information content (AvgIpc) is 2.74. The van der Waals surface area contributed by atoms with Gasteiger partial charge in [-0.15, -0.1) is 0 Å². The van der Waals surface area contributed by atoms with E-state index in [9.17, 15) is 4.79 Å². The first-order chi connectivity index (χ1) is 14.5. The standard InChI is InChI=1S/C23H24ClN5O/c1-16-20-15-19(26-22(30)10-5-17-3-6-18(24)7-4-17)8-9-21(20)27-23(25-16)29-13-11-28(2)12-14-29/h3-10,15H,11-14H2,1-2H3,(H,26,30). The molecule has 0 unspecified atom stereocenters. The summed E-state index contributed by atoms with van der Waals surface area (Å²) in [4.78, 5) is 26.3. The molecule has 1 amide bonds. The molecule has 0 saturated carbocycles. The number of carbonyl (C=O) groups is 1. The molecular weight excluding hydrogens is 398 g/mol. The van der Waals surface area contributed by atoms with Gasteiger partial charge in [0.2, 0.25) is 11.9 Å². The van der Waals surface area contributed by atoms with Crippen molar-refractivity contribution >= 4 is 46.1 Å². The van der Waals surface area contributed by atoms with Gasteiger partial charge in [0.05, 0.1) is 11.2 Å². The Morgan fingerprint density at radius 1 is 1.07 bits per heavy atom. The Kier molecular flexibility index (Phi) is 5.97. The second kappa shape index (κ2) is 8.81. The molecule has 30 heavy (non-hydrogen) atoms. The predicted molar refractivity (Wildman–Crippen MR) is 123 cm³/mol. The number of likely N-dealkylation sites (N-methyl/N-ethyl adjacent to an activating group) is 1. The van der Waals surface area contributed by atoms with E-state index in [2.05, 4.69) is 22.2 Å². The third-order valence-corrected chi connectivity index (χ3v) is 5.48. The van der Waals surface area contributed by atoms with E-state index in [1.807, 2.05) is 37.3 Å². The Balaban J connectivity index is 1.49. The molecule has 1 saturated heterocycles. The van der Waals surface area contributed by atoms with Crippen LogP contribution in [0, 0.1) is 6.92 Å². The summed E-state index contributed by atoms with van der Waals surface area (Å²) in [5, 5.41) is 4.51. The van der Waals surface area contributed by atoms with Crippen molar-refractivity contribution in [1.29, 1.82) is 0 Å². The van der Waals surface area contributed by atoms with Crippen LogP contribution in [0.5, 0.6) is 0 Å². The summed E-state index contributed by atoms with van der Waals surface area (Å²) in [6.07, 6.45) is 3.26. The molecule has 0 spiro atoms. The van der Waals surface area contributed by atoms with Gasteiger partial charge >= 0.3 is 0 Å². The summed E-state index contributed by atoms with van der Waals surface area (Å²) in [5.74, 6) is 0.577. The molecular formula is C23H24ClN5O. The third kappa shape index (κ3) is 4.78. The highest BCUT2D eigenvalue weighted by atomic mass is 35.5. The maximum absolute atomic E-state index is 12.3. The molecule has 3 aromatic rings. The highest BCUT2D eigenvalue weighted by molar-refractivity contribution is 6.30. The van der Waals surface area contributed by atoms with Gasteiger partial charge < -0.3 is 15.1 Å². The van der Waals surface area contributed by atoms with E-state index >= 15 is 0 Å². The molecule has 0 radical (unpaired) electrons. The monoisotopic (exact) mass is 421 g/mol. The first kappa shape index (κ1) is 20.3. The Morgan fingerprint density at radius 2 is 1.80 bits per heavy atom. The summed E-state index contributed by atoms with van der Waals surface area (Å²) < 4.78 is 0. The van der Waals surface area contributed by atoms with Crippen molar-refractivity contribution in [2.45, 2.75) is 6.92 Å². The molecule has 0 atom stereocenters. The lowest BCUT2D eigenvalue weighted by Gasteiger charge is -2.32. The van der Waals surface area contributed by atoms with Crippen LogP contribution in [0.4, 0.5) is 11.6 Å². The van der Waals surface area contributed by atoms with E-state index in [-0.39, 0.29) is 5.91 Å². The number of benzene rings is 2. The second-order valence-electron chi connectivity index (χ2n) is 7.51. The fourth-order valence-corrected chi connectivity index (χ4v) is 3.55. The summed E-state index contributed by atoms with van der Waals surface area (Å²) in [7, 11) is 2.13. The molecule has 2 aromatic carbocycles. The van der Waals surface area contributed by atoms with Crippen molar-refractivity contribution in [3.8, 4) is 0 Å². The van der Waals surface area contributed by atoms with Crippen LogP contribution in [0.3, 0.4) is 0 Å². The largest absolute Gasteiger partial charge is 0.338 e. The number of fused-ring (bicyclic) bond motifs is 1. The van der Waals surface area contributed by atoms with Crippen LogP contribution in [0.2, 0.25) is 5.02 Å². The lowest BCUT2D eigenvalue weighted by Crippen LogP contribution is -2.45. The molecule has 1 N–H and O–H groups in total. The molecule has 0 bridgehead atoms. The van der Waals surface area contributed by atoms with E-state index in [1.165, 1.54) is 6.08 Å². The van der Waals surface area contributed by atoms with Crippen molar-refractivity contribution in [2.75, 3.05) is 43.4 Å². The number of hydrogen-bond acceptors (Lipinski definition) is 5. The molecule has 7 heteroatoms. The average molecular weight is 422 g/mol. The molecule has 0 aliphatic carbocycles. The SMILES string of the molecule is Cc1nc(N2CCN(C)CC2)nc2ccc(NC(=O)C=Cc3ccc(Cl)cc3)cc12. The van der Waals surface area contributed by atoms with Gasteiger partial charge in [-0.3, -0.25) is 4.79 Å². The summed E-state index contributed by atoms with van der Waals surface area (Å²) >= 11 is 5.88. The highest BCUT2D eigenvalue weighted by Gasteiger charge is 2.17. The van der Waals surface area contributed by atoms with Crippen LogP contribution >= 0.6 is 11.6 Å². The fraction of sp³-hybridized carbons (Fsp3) is 0.261. The minimum absolute atomic E-state index is 0.197. The molecule has 1 fully saturated rings. The van der Waals surface area contributed by atoms with Gasteiger partial charge in [-0.2, -0.15) is 0 Å². The zero-order chi connectivity index (χ0) is 21.1. The van der Waals surface area contributed by atoms with E-state index in [1.54, 1.807) is 18.2 Å². The van der Waals surface area contributed by atoms with Gasteiger partial charge in [-0.1, -0.05) is 23.7 Å². The van der Waals surface area contributed by atoms with Gasteiger partial charge in [-0.05, 0) is 55.9 Å². The van der Waals surface area contributed by atoms with Gasteiger partial charge in [0.1, 0.15) is 0 Å². The zero-order valence-corrected chi connectivity index (χ0v) is 17.9. The van der Waals surface area contributed by atoms with Crippen LogP contribution in [0.25, 0.3) is 17.0 Å². The van der Waals surface area contributed by atoms with E-state index in [0.717, 1.165) is 54.3 Å². The highest BCUT2D eigenvalue weighted by Crippen LogP contribution is 2.23. The number of anilines is 2. The van der Waals surface area contributed by atoms with Crippen molar-refractivity contribution in [3.05, 3.63) is 64.8 Å². The molecule has 154 valence electrons. The molecule has 6 nitrogen and oxygen atoms in total. The Morgan fingerprint density at radius 3 is 2.53 bits per heavy atom. The summed E-state index contributed by atoms with van der Waals surface area (Å²) in [6.45, 7) is 5.85. The fourth-order valence-electron chi connectivity index (χ4n) is 3.42. The van der Waals surface area contributed by atoms with Gasteiger partial charge in [0, 0.05) is 48.4 Å². The summed E-state index contributed by atoms with van der Waals surface area (Å²) in [5.41, 5.74) is 3.41. The van der Waals surface area contributed by atoms with E-state index in [0.29, 0.717) is 10.7 Å². The molecule has 1 aliphatic heterocycles. The number of aryl methyl sites for hydroxylation is 1. The molecule has 4 rings (SSSR count). The molecule has 2 heterocycles. The number of piperazine rings is 1. The van der Waals surface area contributed by atoms with Crippen LogP contribution in [-0.4, -0.2) is 54.0 Å². The summed E-state index contributed by atoms with van der Waals surface area (Å²) in [6, 6.07) is 13.0. The lowest BCUT2D eigenvalue weighted by atomic mass is 10.1. The minimum atomic E-state index is -0.197. The predicted octanol–water partition coefficient (Wildman–Crippen LogP) is 4.00. The van der Waals surface area contributed by atoms with Gasteiger partial charge in [-0.25, -0.2) is 9.97 Å². The first-order valence-electron chi connectivity index (χ1n) is 9.94. The maximum Gasteiger partial charge on any atom is 0.248 e. The number of hydrogen-bond donors (Lipinski definition) is 1. The number of rotatable bonds is 4. The van der Waals surface area contributed by atoms with Gasteiger partial charge in [0.15, 0.2) is 0 Å². The number of nitrogens with zero attached hydrogens (tertiary/aromatic N) is 4. The van der Waals surface area contributed by atoms with Crippen LogP contribution in [-0.2, 0) is 4.79 Å². The molecule has 1 aliphatic rings. The maximum atomic E-state index is 12.3. The topological polar surface area (TPSA) is 61.4 Å². The lowest BCUT2D eigenvalue weighted by molar-refractivity contribution is -0.111. The number of aromatic nitrogens is 2. The Hall–Kier alpha value is -2.96. The van der Waals surface area contributed by atoms with Crippen LogP contribution in [0.15, 0.2) is 48.5 Å². The third-order valence-electron chi connectivity index (χ3n) is 5.23. The Labute approximate surface area is 181 Å². The quantitative estimate of drug-likeness (QED) is 0.645. The zero-order valence-electron chi connectivity index (χ0n) is 17.1. The normalized spacial score (nSPS) is 15.1. The van der Waals surface area contributed by atoms with Crippen LogP contribution < -0.4 is 10.2 Å². The molecule has 1 aromatic heterocycles. The second-order valence-corrected chi connectivity index (χ2v) is 7.94. The Bertz CT molecular complexity index is 1090. The number of nitrogens with one attached hydrogen (secondary N) is 1.